The number of carbonyl (C=O) groups excluding carboxylic acids is 1. The third-order valence-corrected chi connectivity index (χ3v) is 6.58. The molecule has 2 heterocycles. The number of halogens is 5. The monoisotopic (exact) mass is 521 g/mol. The number of alkyl halides is 3. The van der Waals surface area contributed by atoms with Gasteiger partial charge in [0.2, 0.25) is 11.9 Å². The molecule has 2 amide bonds. The first-order chi connectivity index (χ1) is 17.3. The molecule has 2 aromatic carbocycles. The molecular weight excluding hydrogens is 501 g/mol. The van der Waals surface area contributed by atoms with E-state index < -0.39 is 46.4 Å². The molecule has 2 N–H and O–H groups in total. The molecule has 0 bridgehead atoms. The van der Waals surface area contributed by atoms with Crippen LogP contribution in [0.2, 0.25) is 0 Å². The lowest BCUT2D eigenvalue weighted by Gasteiger charge is -2.35. The lowest BCUT2D eigenvalue weighted by molar-refractivity contribution is -0.138. The van der Waals surface area contributed by atoms with Crippen molar-refractivity contribution in [3.63, 3.8) is 0 Å². The maximum Gasteiger partial charge on any atom is 0.421 e. The number of guanidine groups is 1. The molecule has 1 fully saturated rings. The summed E-state index contributed by atoms with van der Waals surface area (Å²) in [7, 11) is 1.30. The highest BCUT2D eigenvalue weighted by Gasteiger charge is 2.42. The van der Waals surface area contributed by atoms with Gasteiger partial charge in [-0.1, -0.05) is 12.1 Å². The highest BCUT2D eigenvalue weighted by atomic mass is 19.4. The number of fused-ring (bicyclic) bond motifs is 1. The van der Waals surface area contributed by atoms with Crippen LogP contribution in [0, 0.1) is 11.6 Å². The molecule has 0 spiro atoms. The molecule has 13 heteroatoms. The average Bonchev–Trinajstić information content (AvgIpc) is 3.57. The summed E-state index contributed by atoms with van der Waals surface area (Å²) in [6.45, 7) is 1.41. The second-order valence-corrected chi connectivity index (χ2v) is 9.28. The number of aliphatic imine (C=N–C) groups is 1. The van der Waals surface area contributed by atoms with Gasteiger partial charge < -0.3 is 5.11 Å². The number of amides is 2. The van der Waals surface area contributed by atoms with Gasteiger partial charge in [0, 0.05) is 18.5 Å². The van der Waals surface area contributed by atoms with Crippen molar-refractivity contribution in [2.75, 3.05) is 7.05 Å². The van der Waals surface area contributed by atoms with Crippen molar-refractivity contribution < 1.29 is 36.6 Å². The zero-order chi connectivity index (χ0) is 26.9. The number of rotatable bonds is 3. The van der Waals surface area contributed by atoms with E-state index in [0.717, 1.165) is 15.5 Å². The van der Waals surface area contributed by atoms with Gasteiger partial charge in [-0.15, -0.1) is 0 Å². The van der Waals surface area contributed by atoms with E-state index in [0.29, 0.717) is 18.9 Å². The Hall–Kier alpha value is -4.03. The van der Waals surface area contributed by atoms with E-state index in [-0.39, 0.29) is 40.9 Å². The molecule has 0 radical (unpaired) electrons. The van der Waals surface area contributed by atoms with Crippen molar-refractivity contribution in [3.05, 3.63) is 58.9 Å². The second-order valence-electron chi connectivity index (χ2n) is 9.28. The zero-order valence-electron chi connectivity index (χ0n) is 19.5. The van der Waals surface area contributed by atoms with Gasteiger partial charge in [-0.2, -0.15) is 13.2 Å². The molecule has 0 unspecified atom stereocenters. The van der Waals surface area contributed by atoms with E-state index in [2.05, 4.69) is 9.98 Å². The van der Waals surface area contributed by atoms with Gasteiger partial charge in [0.15, 0.2) is 5.82 Å². The molecule has 5 rings (SSSR count). The van der Waals surface area contributed by atoms with Crippen molar-refractivity contribution in [1.82, 2.24) is 19.8 Å². The number of benzene rings is 2. The topological polar surface area (TPSA) is 99.8 Å². The van der Waals surface area contributed by atoms with E-state index >= 15 is 4.39 Å². The second kappa shape index (κ2) is 8.25. The first-order valence-corrected chi connectivity index (χ1v) is 11.3. The van der Waals surface area contributed by atoms with E-state index in [1.165, 1.54) is 32.2 Å². The molecule has 194 valence electrons. The number of hydrogen-bond acceptors (Lipinski definition) is 4. The molecule has 1 saturated carbocycles. The van der Waals surface area contributed by atoms with Crippen molar-refractivity contribution in [2.45, 2.75) is 43.8 Å². The van der Waals surface area contributed by atoms with Crippen LogP contribution in [-0.2, 0) is 16.5 Å². The first kappa shape index (κ1) is 24.7. The largest absolute Gasteiger partial charge is 0.465 e. The Kier molecular flexibility index (Phi) is 5.50. The highest BCUT2D eigenvalue weighted by Crippen LogP contribution is 2.46. The number of nitrogens with one attached hydrogen (secondary N) is 1. The van der Waals surface area contributed by atoms with Crippen molar-refractivity contribution >= 4 is 29.0 Å². The number of carbonyl (C=O) groups is 2. The molecule has 1 aromatic heterocycles. The lowest BCUT2D eigenvalue weighted by atomic mass is 9.86. The highest BCUT2D eigenvalue weighted by molar-refractivity contribution is 6.04. The molecular formula is C24H20F5N5O3. The molecule has 0 saturated heterocycles. The predicted molar refractivity (Wildman–Crippen MR) is 121 cm³/mol. The SMILES string of the molecule is CN1C(=O)C[C@@](C)(c2cccc(-n3c(C4CC4)nc4ccc(F)c(C(F)(F)F)c43)c2F)N=C1NC(=O)O. The van der Waals surface area contributed by atoms with Crippen LogP contribution in [0.1, 0.15) is 49.1 Å². The van der Waals surface area contributed by atoms with Crippen LogP contribution < -0.4 is 5.32 Å². The maximum atomic E-state index is 16.2. The third-order valence-electron chi connectivity index (χ3n) is 6.58. The summed E-state index contributed by atoms with van der Waals surface area (Å²) in [5, 5.41) is 11.1. The number of hydrogen-bond donors (Lipinski definition) is 2. The van der Waals surface area contributed by atoms with Gasteiger partial charge >= 0.3 is 12.3 Å². The molecule has 8 nitrogen and oxygen atoms in total. The molecule has 3 aromatic rings. The minimum absolute atomic E-state index is 0.132. The summed E-state index contributed by atoms with van der Waals surface area (Å²) in [6, 6.07) is 5.76. The van der Waals surface area contributed by atoms with Crippen LogP contribution >= 0.6 is 0 Å². The van der Waals surface area contributed by atoms with E-state index in [9.17, 15) is 27.2 Å². The van der Waals surface area contributed by atoms with Gasteiger partial charge in [0.05, 0.1) is 28.7 Å². The van der Waals surface area contributed by atoms with Crippen LogP contribution in [0.3, 0.4) is 0 Å². The quantitative estimate of drug-likeness (QED) is 0.479. The van der Waals surface area contributed by atoms with Gasteiger partial charge in [-0.3, -0.25) is 19.6 Å². The van der Waals surface area contributed by atoms with Crippen molar-refractivity contribution in [1.29, 1.82) is 0 Å². The Labute approximate surface area is 206 Å². The molecule has 1 aliphatic heterocycles. The predicted octanol–water partition coefficient (Wildman–Crippen LogP) is 4.90. The fourth-order valence-corrected chi connectivity index (χ4v) is 4.64. The normalized spacial score (nSPS) is 20.4. The smallest absolute Gasteiger partial charge is 0.421 e. The summed E-state index contributed by atoms with van der Waals surface area (Å²) >= 11 is 0. The Balaban J connectivity index is 1.77. The van der Waals surface area contributed by atoms with Crippen LogP contribution in [0.5, 0.6) is 0 Å². The molecule has 37 heavy (non-hydrogen) atoms. The van der Waals surface area contributed by atoms with Gasteiger partial charge in [-0.05, 0) is 38.0 Å². The van der Waals surface area contributed by atoms with Crippen LogP contribution in [-0.4, -0.2) is 44.6 Å². The van der Waals surface area contributed by atoms with E-state index in [1.807, 2.05) is 5.32 Å². The van der Waals surface area contributed by atoms with Crippen LogP contribution in [0.15, 0.2) is 35.3 Å². The Morgan fingerprint density at radius 2 is 1.89 bits per heavy atom. The maximum absolute atomic E-state index is 16.2. The Morgan fingerprint density at radius 3 is 2.51 bits per heavy atom. The van der Waals surface area contributed by atoms with E-state index in [4.69, 9.17) is 5.11 Å². The number of imidazole rings is 1. The number of aromatic nitrogens is 2. The summed E-state index contributed by atoms with van der Waals surface area (Å²) in [4.78, 5) is 33.3. The number of nitrogens with zero attached hydrogens (tertiary/aromatic N) is 4. The Bertz CT molecular complexity index is 1490. The zero-order valence-corrected chi connectivity index (χ0v) is 19.5. The average molecular weight is 521 g/mol. The van der Waals surface area contributed by atoms with Gasteiger partial charge in [0.25, 0.3) is 0 Å². The molecule has 1 aliphatic carbocycles. The number of carboxylic acid groups (broad SMARTS) is 1. The van der Waals surface area contributed by atoms with Crippen molar-refractivity contribution in [2.24, 2.45) is 4.99 Å². The summed E-state index contributed by atoms with van der Waals surface area (Å²) in [5.41, 5.74) is -4.34. The van der Waals surface area contributed by atoms with Crippen LogP contribution in [0.25, 0.3) is 16.7 Å². The fourth-order valence-electron chi connectivity index (χ4n) is 4.64. The Morgan fingerprint density at radius 1 is 1.19 bits per heavy atom. The molecule has 1 atom stereocenters. The van der Waals surface area contributed by atoms with Crippen LogP contribution in [0.4, 0.5) is 26.7 Å². The standard InChI is InChI=1S/C24H20F5N5O3/c1-23(10-16(35)33(2)21(32-23)31-22(36)37)12-4-3-5-15(18(12)26)34-19-14(30-20(34)11-6-7-11)9-8-13(25)17(19)24(27,28)29/h3-5,8-9,11H,6-7,10H2,1-2H3,(H,31,32)(H,36,37)/t23-/m0/s1. The lowest BCUT2D eigenvalue weighted by Crippen LogP contribution is -2.51. The first-order valence-electron chi connectivity index (χ1n) is 11.3. The minimum Gasteiger partial charge on any atom is -0.465 e. The summed E-state index contributed by atoms with van der Waals surface area (Å²) in [6.07, 6.45) is -5.65. The fraction of sp³-hybridized carbons (Fsp3) is 0.333. The van der Waals surface area contributed by atoms with E-state index in [1.54, 1.807) is 0 Å². The van der Waals surface area contributed by atoms with Gasteiger partial charge in [-0.25, -0.2) is 23.6 Å². The minimum atomic E-state index is -5.08. The summed E-state index contributed by atoms with van der Waals surface area (Å²) in [5.74, 6) is -3.45. The third kappa shape index (κ3) is 4.07. The summed E-state index contributed by atoms with van der Waals surface area (Å²) < 4.78 is 73.7. The molecule has 2 aliphatic rings. The van der Waals surface area contributed by atoms with Gasteiger partial charge in [0.1, 0.15) is 17.2 Å². The van der Waals surface area contributed by atoms with Crippen molar-refractivity contribution in [3.8, 4) is 5.69 Å².